The summed E-state index contributed by atoms with van der Waals surface area (Å²) in [4.78, 5) is 27.3. The van der Waals surface area contributed by atoms with E-state index in [1.807, 2.05) is 0 Å². The van der Waals surface area contributed by atoms with Gasteiger partial charge in [0.05, 0.1) is 18.1 Å². The van der Waals surface area contributed by atoms with Crippen LogP contribution >= 0.6 is 0 Å². The van der Waals surface area contributed by atoms with Gasteiger partial charge in [-0.3, -0.25) is 9.79 Å². The van der Waals surface area contributed by atoms with Gasteiger partial charge >= 0.3 is 0 Å². The van der Waals surface area contributed by atoms with Gasteiger partial charge in [-0.1, -0.05) is 0 Å². The van der Waals surface area contributed by atoms with Gasteiger partial charge in [-0.2, -0.15) is 0 Å². The topological polar surface area (TPSA) is 129 Å². The number of hydrogen-bond acceptors (Lipinski definition) is 8. The molecule has 152 valence electrons. The Labute approximate surface area is 169 Å². The van der Waals surface area contributed by atoms with Crippen LogP contribution in [0.4, 0.5) is 17.2 Å². The van der Waals surface area contributed by atoms with Crippen LogP contribution in [0.3, 0.4) is 0 Å². The van der Waals surface area contributed by atoms with E-state index in [1.165, 1.54) is 25.1 Å². The summed E-state index contributed by atoms with van der Waals surface area (Å²) in [5, 5.41) is 16.4. The average molecular weight is 395 g/mol. The first-order chi connectivity index (χ1) is 14.0. The van der Waals surface area contributed by atoms with Crippen molar-refractivity contribution in [1.82, 2.24) is 15.3 Å². The molecule has 1 aliphatic heterocycles. The molecule has 1 saturated carbocycles. The van der Waals surface area contributed by atoms with E-state index in [1.54, 1.807) is 25.5 Å². The van der Waals surface area contributed by atoms with E-state index < -0.39 is 5.91 Å². The van der Waals surface area contributed by atoms with Crippen LogP contribution in [0.15, 0.2) is 29.5 Å². The van der Waals surface area contributed by atoms with Crippen molar-refractivity contribution < 1.29 is 9.90 Å². The van der Waals surface area contributed by atoms with Crippen molar-refractivity contribution >= 4 is 29.3 Å². The SMILES string of the molecule is CN=Cc1cc(NC(=O)c2cnc(N3CC[C@@H](NC4CC4)C3)cn2)c(O)cc1N. The highest BCUT2D eigenvalue weighted by atomic mass is 16.3. The lowest BCUT2D eigenvalue weighted by Gasteiger charge is -2.17. The standard InChI is InChI=1S/C20H25N7O2/c1-22-8-12-6-16(18(28)7-15(12)21)26-20(29)17-9-24-19(10-23-17)27-5-4-14(11-27)25-13-2-3-13/h6-10,13-14,25,28H,2-5,11,21H2,1H3,(H,26,29)/t14-/m1/s1. The normalized spacial score (nSPS) is 19.1. The largest absolute Gasteiger partial charge is 0.506 e. The average Bonchev–Trinajstić information content (AvgIpc) is 3.40. The van der Waals surface area contributed by atoms with Gasteiger partial charge in [0, 0.05) is 55.8 Å². The number of rotatable bonds is 6. The van der Waals surface area contributed by atoms with E-state index in [0.717, 1.165) is 25.3 Å². The third-order valence-electron chi connectivity index (χ3n) is 5.15. The molecule has 1 aliphatic carbocycles. The molecule has 1 saturated heterocycles. The van der Waals surface area contributed by atoms with Crippen LogP contribution < -0.4 is 21.3 Å². The van der Waals surface area contributed by atoms with Crippen LogP contribution in [-0.4, -0.2) is 59.4 Å². The fourth-order valence-corrected chi connectivity index (χ4v) is 3.45. The van der Waals surface area contributed by atoms with Crippen molar-refractivity contribution in [2.45, 2.75) is 31.3 Å². The number of nitrogens with zero attached hydrogens (tertiary/aromatic N) is 4. The van der Waals surface area contributed by atoms with E-state index in [2.05, 4.69) is 30.5 Å². The monoisotopic (exact) mass is 395 g/mol. The molecule has 29 heavy (non-hydrogen) atoms. The Kier molecular flexibility index (Phi) is 5.30. The second kappa shape index (κ2) is 8.04. The number of hydrogen-bond donors (Lipinski definition) is 4. The molecule has 2 aromatic rings. The minimum Gasteiger partial charge on any atom is -0.506 e. The lowest BCUT2D eigenvalue weighted by molar-refractivity contribution is 0.102. The minimum absolute atomic E-state index is 0.125. The van der Waals surface area contributed by atoms with Gasteiger partial charge in [-0.05, 0) is 25.3 Å². The fourth-order valence-electron chi connectivity index (χ4n) is 3.45. The number of nitrogens with one attached hydrogen (secondary N) is 2. The summed E-state index contributed by atoms with van der Waals surface area (Å²) in [6, 6.07) is 4.11. The van der Waals surface area contributed by atoms with Crippen LogP contribution in [0, 0.1) is 0 Å². The molecule has 2 heterocycles. The van der Waals surface area contributed by atoms with Gasteiger partial charge in [0.2, 0.25) is 0 Å². The van der Waals surface area contributed by atoms with Crippen LogP contribution in [0.2, 0.25) is 0 Å². The highest BCUT2D eigenvalue weighted by molar-refractivity contribution is 6.04. The van der Waals surface area contributed by atoms with Crippen LogP contribution in [0.1, 0.15) is 35.3 Å². The quantitative estimate of drug-likeness (QED) is 0.330. The summed E-state index contributed by atoms with van der Waals surface area (Å²) >= 11 is 0. The number of aromatic hydroxyl groups is 1. The number of aliphatic imine (C=N–C) groups is 1. The Morgan fingerprint density at radius 2 is 2.10 bits per heavy atom. The van der Waals surface area contributed by atoms with Crippen molar-refractivity contribution in [1.29, 1.82) is 0 Å². The first-order valence-corrected chi connectivity index (χ1v) is 9.72. The van der Waals surface area contributed by atoms with Gasteiger partial charge in [-0.25, -0.2) is 9.97 Å². The number of carbonyl (C=O) groups excluding carboxylic acids is 1. The van der Waals surface area contributed by atoms with Crippen molar-refractivity contribution in [3.63, 3.8) is 0 Å². The smallest absolute Gasteiger partial charge is 0.275 e. The predicted molar refractivity (Wildman–Crippen MR) is 113 cm³/mol. The molecule has 1 aromatic heterocycles. The molecule has 0 unspecified atom stereocenters. The van der Waals surface area contributed by atoms with Crippen LogP contribution in [0.25, 0.3) is 0 Å². The Hall–Kier alpha value is -3.20. The van der Waals surface area contributed by atoms with Crippen molar-refractivity contribution in [3.8, 4) is 5.75 Å². The number of aromatic nitrogens is 2. The molecule has 1 amide bonds. The lowest BCUT2D eigenvalue weighted by atomic mass is 10.1. The zero-order valence-electron chi connectivity index (χ0n) is 16.3. The number of nitrogen functional groups attached to an aromatic ring is 1. The van der Waals surface area contributed by atoms with E-state index >= 15 is 0 Å². The number of anilines is 3. The summed E-state index contributed by atoms with van der Waals surface area (Å²) < 4.78 is 0. The predicted octanol–water partition coefficient (Wildman–Crippen LogP) is 1.40. The number of carbonyl (C=O) groups is 1. The van der Waals surface area contributed by atoms with Crippen molar-refractivity contribution in [3.05, 3.63) is 35.8 Å². The summed E-state index contributed by atoms with van der Waals surface area (Å²) in [5.74, 6) is 0.177. The maximum absolute atomic E-state index is 12.5. The van der Waals surface area contributed by atoms with Crippen molar-refractivity contribution in [2.75, 3.05) is 36.1 Å². The molecule has 0 radical (unpaired) electrons. The molecule has 4 rings (SSSR count). The summed E-state index contributed by atoms with van der Waals surface area (Å²) in [6.45, 7) is 1.82. The molecule has 5 N–H and O–H groups in total. The van der Waals surface area contributed by atoms with Gasteiger partial charge in [-0.15, -0.1) is 0 Å². The van der Waals surface area contributed by atoms with E-state index in [0.29, 0.717) is 23.3 Å². The molecule has 2 aliphatic rings. The highest BCUT2D eigenvalue weighted by Gasteiger charge is 2.29. The van der Waals surface area contributed by atoms with Gasteiger partial charge in [0.1, 0.15) is 17.3 Å². The third-order valence-corrected chi connectivity index (χ3v) is 5.15. The van der Waals surface area contributed by atoms with Crippen LogP contribution in [0.5, 0.6) is 5.75 Å². The second-order valence-electron chi connectivity index (χ2n) is 7.47. The fraction of sp³-hybridized carbons (Fsp3) is 0.400. The first-order valence-electron chi connectivity index (χ1n) is 9.72. The Balaban J connectivity index is 1.41. The Morgan fingerprint density at radius 1 is 1.28 bits per heavy atom. The summed E-state index contributed by atoms with van der Waals surface area (Å²) in [7, 11) is 1.62. The maximum atomic E-state index is 12.5. The number of phenols is 1. The molecule has 9 nitrogen and oxygen atoms in total. The highest BCUT2D eigenvalue weighted by Crippen LogP contribution is 2.29. The molecule has 9 heteroatoms. The summed E-state index contributed by atoms with van der Waals surface area (Å²) in [5.41, 5.74) is 7.22. The van der Waals surface area contributed by atoms with E-state index in [4.69, 9.17) is 5.73 Å². The molecule has 0 spiro atoms. The number of amides is 1. The molecular formula is C20H25N7O2. The zero-order chi connectivity index (χ0) is 20.4. The maximum Gasteiger partial charge on any atom is 0.275 e. The van der Waals surface area contributed by atoms with Crippen molar-refractivity contribution in [2.24, 2.45) is 4.99 Å². The number of phenolic OH excluding ortho intramolecular Hbond substituents is 1. The molecule has 2 fully saturated rings. The first kappa shape index (κ1) is 19.1. The molecular weight excluding hydrogens is 370 g/mol. The lowest BCUT2D eigenvalue weighted by Crippen LogP contribution is -2.34. The number of nitrogens with two attached hydrogens (primary N) is 1. The van der Waals surface area contributed by atoms with Gasteiger partial charge < -0.3 is 26.4 Å². The zero-order valence-corrected chi connectivity index (χ0v) is 16.3. The van der Waals surface area contributed by atoms with E-state index in [-0.39, 0.29) is 17.1 Å². The van der Waals surface area contributed by atoms with Gasteiger partial charge in [0.15, 0.2) is 0 Å². The second-order valence-corrected chi connectivity index (χ2v) is 7.47. The number of benzene rings is 1. The Morgan fingerprint density at radius 3 is 2.79 bits per heavy atom. The van der Waals surface area contributed by atoms with Gasteiger partial charge in [0.25, 0.3) is 5.91 Å². The minimum atomic E-state index is -0.460. The summed E-state index contributed by atoms with van der Waals surface area (Å²) in [6.07, 6.45) is 8.26. The third kappa shape index (κ3) is 4.45. The van der Waals surface area contributed by atoms with Crippen LogP contribution in [-0.2, 0) is 0 Å². The Bertz CT molecular complexity index is 925. The molecule has 0 bridgehead atoms. The molecule has 1 aromatic carbocycles. The van der Waals surface area contributed by atoms with E-state index in [9.17, 15) is 9.90 Å². The molecule has 1 atom stereocenters.